The fraction of sp³-hybridized carbons (Fsp3) is 0.200. The smallest absolute Gasteiger partial charge is 0.256 e. The maximum Gasteiger partial charge on any atom is 0.256 e. The van der Waals surface area contributed by atoms with E-state index in [0.29, 0.717) is 12.1 Å². The van der Waals surface area contributed by atoms with Crippen LogP contribution in [0.25, 0.3) is 0 Å². The molecule has 2 N–H and O–H groups in total. The van der Waals surface area contributed by atoms with Gasteiger partial charge in [0, 0.05) is 6.54 Å². The molecule has 1 aliphatic rings. The monoisotopic (exact) mass is 224 g/mol. The SMILES string of the molecule is NC(=O)c1cccc2c1C(=O)N(CCl)C2. The predicted molar refractivity (Wildman–Crippen MR) is 55.6 cm³/mol. The Morgan fingerprint density at radius 1 is 1.53 bits per heavy atom. The third kappa shape index (κ3) is 1.47. The van der Waals surface area contributed by atoms with Crippen LogP contribution in [0, 0.1) is 0 Å². The van der Waals surface area contributed by atoms with Gasteiger partial charge in [-0.2, -0.15) is 0 Å². The van der Waals surface area contributed by atoms with Gasteiger partial charge in [-0.15, -0.1) is 11.6 Å². The third-order valence-corrected chi connectivity index (χ3v) is 2.71. The number of hydrogen-bond acceptors (Lipinski definition) is 2. The first-order chi connectivity index (χ1) is 7.15. The van der Waals surface area contributed by atoms with Crippen molar-refractivity contribution in [1.29, 1.82) is 0 Å². The Balaban J connectivity index is 2.55. The molecule has 0 unspecified atom stereocenters. The number of carbonyl (C=O) groups is 2. The van der Waals surface area contributed by atoms with Crippen molar-refractivity contribution < 1.29 is 9.59 Å². The molecule has 0 saturated carbocycles. The fourth-order valence-corrected chi connectivity index (χ4v) is 1.91. The normalized spacial score (nSPS) is 14.2. The first kappa shape index (κ1) is 9.98. The minimum atomic E-state index is -0.586. The summed E-state index contributed by atoms with van der Waals surface area (Å²) >= 11 is 5.61. The first-order valence-corrected chi connectivity index (χ1v) is 4.95. The lowest BCUT2D eigenvalue weighted by molar-refractivity contribution is 0.0801. The molecule has 0 saturated heterocycles. The van der Waals surface area contributed by atoms with Crippen LogP contribution in [0.15, 0.2) is 18.2 Å². The Morgan fingerprint density at radius 3 is 2.87 bits per heavy atom. The average Bonchev–Trinajstić information content (AvgIpc) is 2.55. The zero-order chi connectivity index (χ0) is 11.0. The van der Waals surface area contributed by atoms with E-state index in [0.717, 1.165) is 5.56 Å². The van der Waals surface area contributed by atoms with E-state index in [1.807, 2.05) is 0 Å². The third-order valence-electron chi connectivity index (χ3n) is 2.42. The highest BCUT2D eigenvalue weighted by molar-refractivity contribution is 6.20. The van der Waals surface area contributed by atoms with Crippen LogP contribution in [-0.2, 0) is 6.54 Å². The van der Waals surface area contributed by atoms with E-state index in [-0.39, 0.29) is 17.5 Å². The minimum Gasteiger partial charge on any atom is -0.366 e. The van der Waals surface area contributed by atoms with Crippen molar-refractivity contribution in [3.63, 3.8) is 0 Å². The Bertz CT molecular complexity index is 445. The van der Waals surface area contributed by atoms with Crippen LogP contribution in [0.3, 0.4) is 0 Å². The minimum absolute atomic E-state index is 0.117. The molecule has 0 fully saturated rings. The second-order valence-corrected chi connectivity index (χ2v) is 3.57. The van der Waals surface area contributed by atoms with Gasteiger partial charge in [-0.05, 0) is 11.6 Å². The zero-order valence-corrected chi connectivity index (χ0v) is 8.62. The maximum atomic E-state index is 11.8. The standard InChI is InChI=1S/C10H9ClN2O2/c11-5-13-4-6-2-1-3-7(9(12)14)8(6)10(13)15/h1-3H,4-5H2,(H2,12,14). The van der Waals surface area contributed by atoms with Crippen molar-refractivity contribution in [2.45, 2.75) is 6.54 Å². The molecule has 15 heavy (non-hydrogen) atoms. The molecule has 2 amide bonds. The maximum absolute atomic E-state index is 11.8. The summed E-state index contributed by atoms with van der Waals surface area (Å²) in [6.07, 6.45) is 0. The molecular formula is C10H9ClN2O2. The highest BCUT2D eigenvalue weighted by Gasteiger charge is 2.30. The molecule has 1 aromatic carbocycles. The molecule has 0 aliphatic carbocycles. The molecule has 0 atom stereocenters. The Labute approximate surface area is 91.6 Å². The van der Waals surface area contributed by atoms with Gasteiger partial charge < -0.3 is 10.6 Å². The lowest BCUT2D eigenvalue weighted by Crippen LogP contribution is -2.24. The van der Waals surface area contributed by atoms with Crippen LogP contribution in [0.4, 0.5) is 0 Å². The van der Waals surface area contributed by atoms with E-state index < -0.39 is 5.91 Å². The number of amides is 2. The lowest BCUT2D eigenvalue weighted by Gasteiger charge is -2.09. The fourth-order valence-electron chi connectivity index (χ4n) is 1.72. The summed E-state index contributed by atoms with van der Waals surface area (Å²) in [4.78, 5) is 24.4. The zero-order valence-electron chi connectivity index (χ0n) is 7.87. The molecule has 1 aromatic rings. The van der Waals surface area contributed by atoms with E-state index in [9.17, 15) is 9.59 Å². The van der Waals surface area contributed by atoms with Crippen molar-refractivity contribution in [3.05, 3.63) is 34.9 Å². The second-order valence-electron chi connectivity index (χ2n) is 3.33. The van der Waals surface area contributed by atoms with Gasteiger partial charge in [0.05, 0.1) is 17.1 Å². The number of carbonyl (C=O) groups excluding carboxylic acids is 2. The molecule has 5 heteroatoms. The van der Waals surface area contributed by atoms with Gasteiger partial charge in [-0.25, -0.2) is 0 Å². The van der Waals surface area contributed by atoms with E-state index in [1.165, 1.54) is 4.90 Å². The topological polar surface area (TPSA) is 63.4 Å². The number of rotatable bonds is 2. The van der Waals surface area contributed by atoms with Crippen LogP contribution in [-0.4, -0.2) is 22.7 Å². The number of alkyl halides is 1. The quantitative estimate of drug-likeness (QED) is 0.600. The number of primary amides is 1. The Morgan fingerprint density at radius 2 is 2.27 bits per heavy atom. The van der Waals surface area contributed by atoms with Crippen LogP contribution in [0.5, 0.6) is 0 Å². The average molecular weight is 225 g/mol. The van der Waals surface area contributed by atoms with E-state index in [1.54, 1.807) is 18.2 Å². The van der Waals surface area contributed by atoms with Gasteiger partial charge >= 0.3 is 0 Å². The van der Waals surface area contributed by atoms with E-state index in [2.05, 4.69) is 0 Å². The van der Waals surface area contributed by atoms with E-state index in [4.69, 9.17) is 17.3 Å². The number of benzene rings is 1. The van der Waals surface area contributed by atoms with Gasteiger partial charge in [0.1, 0.15) is 0 Å². The van der Waals surface area contributed by atoms with Crippen molar-refractivity contribution in [3.8, 4) is 0 Å². The number of fused-ring (bicyclic) bond motifs is 1. The highest BCUT2D eigenvalue weighted by Crippen LogP contribution is 2.25. The summed E-state index contributed by atoms with van der Waals surface area (Å²) in [5.41, 5.74) is 6.66. The molecule has 4 nitrogen and oxygen atoms in total. The van der Waals surface area contributed by atoms with Crippen LogP contribution in [0.2, 0.25) is 0 Å². The summed E-state index contributed by atoms with van der Waals surface area (Å²) in [6, 6.07) is 5.18. The number of halogens is 1. The molecule has 0 radical (unpaired) electrons. The summed E-state index contributed by atoms with van der Waals surface area (Å²) < 4.78 is 0. The van der Waals surface area contributed by atoms with E-state index >= 15 is 0 Å². The van der Waals surface area contributed by atoms with Crippen molar-refractivity contribution >= 4 is 23.4 Å². The molecule has 78 valence electrons. The van der Waals surface area contributed by atoms with Crippen LogP contribution >= 0.6 is 11.6 Å². The largest absolute Gasteiger partial charge is 0.366 e. The van der Waals surface area contributed by atoms with Gasteiger partial charge in [0.2, 0.25) is 5.91 Å². The van der Waals surface area contributed by atoms with Gasteiger partial charge in [-0.1, -0.05) is 12.1 Å². The Kier molecular flexibility index (Phi) is 2.36. The number of hydrogen-bond donors (Lipinski definition) is 1. The summed E-state index contributed by atoms with van der Waals surface area (Å²) in [7, 11) is 0. The van der Waals surface area contributed by atoms with Crippen molar-refractivity contribution in [1.82, 2.24) is 4.90 Å². The van der Waals surface area contributed by atoms with Gasteiger partial charge in [-0.3, -0.25) is 9.59 Å². The van der Waals surface area contributed by atoms with Gasteiger partial charge in [0.25, 0.3) is 5.91 Å². The molecular weight excluding hydrogens is 216 g/mol. The molecule has 1 aliphatic heterocycles. The molecule has 2 rings (SSSR count). The summed E-state index contributed by atoms with van der Waals surface area (Å²) in [5, 5.41) is 0. The van der Waals surface area contributed by atoms with Crippen molar-refractivity contribution in [2.24, 2.45) is 5.73 Å². The Hall–Kier alpha value is -1.55. The lowest BCUT2D eigenvalue weighted by atomic mass is 10.0. The highest BCUT2D eigenvalue weighted by atomic mass is 35.5. The van der Waals surface area contributed by atoms with Crippen LogP contribution in [0.1, 0.15) is 26.3 Å². The van der Waals surface area contributed by atoms with Crippen LogP contribution < -0.4 is 5.73 Å². The van der Waals surface area contributed by atoms with Crippen molar-refractivity contribution in [2.75, 3.05) is 6.00 Å². The predicted octanol–water partition coefficient (Wildman–Crippen LogP) is 0.938. The number of nitrogens with two attached hydrogens (primary N) is 1. The second kappa shape index (κ2) is 3.55. The molecule has 0 spiro atoms. The molecule has 0 bridgehead atoms. The summed E-state index contributed by atoms with van der Waals surface area (Å²) in [6.45, 7) is 0.443. The summed E-state index contributed by atoms with van der Waals surface area (Å²) in [5.74, 6) is -0.814. The molecule has 0 aromatic heterocycles. The number of nitrogens with zero attached hydrogens (tertiary/aromatic N) is 1. The molecule has 1 heterocycles. The first-order valence-electron chi connectivity index (χ1n) is 4.42. The van der Waals surface area contributed by atoms with Gasteiger partial charge in [0.15, 0.2) is 0 Å².